The Morgan fingerprint density at radius 3 is 2.71 bits per heavy atom. The molecule has 0 saturated heterocycles. The lowest BCUT2D eigenvalue weighted by atomic mass is 9.82. The van der Waals surface area contributed by atoms with E-state index in [1.54, 1.807) is 0 Å². The van der Waals surface area contributed by atoms with E-state index in [0.717, 1.165) is 42.5 Å². The molecule has 5 nitrogen and oxygen atoms in total. The molecule has 2 aromatic rings. The normalized spacial score (nSPS) is 17.3. The van der Waals surface area contributed by atoms with Gasteiger partial charge in [-0.2, -0.15) is 0 Å². The second kappa shape index (κ2) is 6.93. The predicted octanol–water partition coefficient (Wildman–Crippen LogP) is 2.94. The highest BCUT2D eigenvalue weighted by Crippen LogP contribution is 2.26. The molecule has 0 aliphatic heterocycles. The molecular weight excluding hydrogens is 300 g/mol. The third kappa shape index (κ3) is 3.31. The third-order valence-electron chi connectivity index (χ3n) is 5.02. The molecule has 1 amide bonds. The second-order valence-electron chi connectivity index (χ2n) is 7.20. The third-order valence-corrected chi connectivity index (χ3v) is 5.02. The number of fused-ring (bicyclic) bond motifs is 1. The molecule has 1 fully saturated rings. The summed E-state index contributed by atoms with van der Waals surface area (Å²) in [5, 5.41) is 3.03. The van der Waals surface area contributed by atoms with Gasteiger partial charge in [0, 0.05) is 19.0 Å². The van der Waals surface area contributed by atoms with Crippen LogP contribution < -0.4 is 11.1 Å². The summed E-state index contributed by atoms with van der Waals surface area (Å²) in [5.41, 5.74) is 7.78. The molecule has 0 bridgehead atoms. The fourth-order valence-corrected chi connectivity index (χ4v) is 3.72. The number of nitrogens with one attached hydrogen (secondary N) is 1. The van der Waals surface area contributed by atoms with Crippen LogP contribution in [-0.2, 0) is 11.2 Å². The first kappa shape index (κ1) is 17.0. The molecule has 1 saturated carbocycles. The van der Waals surface area contributed by atoms with E-state index in [0.29, 0.717) is 19.0 Å². The fourth-order valence-electron chi connectivity index (χ4n) is 3.72. The van der Waals surface area contributed by atoms with Crippen molar-refractivity contribution in [1.29, 1.82) is 0 Å². The summed E-state index contributed by atoms with van der Waals surface area (Å²) in [6.07, 6.45) is 5.59. The molecule has 0 spiro atoms. The molecule has 0 unspecified atom stereocenters. The summed E-state index contributed by atoms with van der Waals surface area (Å²) in [4.78, 5) is 17.2. The van der Waals surface area contributed by atoms with Gasteiger partial charge in [0.15, 0.2) is 0 Å². The zero-order valence-electron chi connectivity index (χ0n) is 14.7. The predicted molar refractivity (Wildman–Crippen MR) is 96.8 cm³/mol. The Labute approximate surface area is 143 Å². The first-order valence-corrected chi connectivity index (χ1v) is 9.04. The molecular formula is C19H28N4O. The van der Waals surface area contributed by atoms with Gasteiger partial charge in [0.2, 0.25) is 5.91 Å². The van der Waals surface area contributed by atoms with Crippen molar-refractivity contribution < 1.29 is 4.79 Å². The first-order valence-electron chi connectivity index (χ1n) is 9.04. The number of rotatable bonds is 5. The van der Waals surface area contributed by atoms with Gasteiger partial charge < -0.3 is 15.6 Å². The van der Waals surface area contributed by atoms with Crippen LogP contribution in [0.25, 0.3) is 11.0 Å². The minimum absolute atomic E-state index is 0.00518. The van der Waals surface area contributed by atoms with Gasteiger partial charge in [0.25, 0.3) is 0 Å². The molecule has 1 heterocycles. The maximum absolute atomic E-state index is 12.4. The number of nitrogens with two attached hydrogens (primary N) is 1. The standard InChI is InChI=1S/C19H28N4O/c1-14(2)23-16-9-5-4-8-15(16)22-17(23)10-13-21-18(24)19(20)11-6-3-7-12-19/h4-5,8-9,14H,3,6-7,10-13,20H2,1-2H3,(H,21,24). The molecule has 0 radical (unpaired) electrons. The SMILES string of the molecule is CC(C)n1c(CCNC(=O)C2(N)CCCCC2)nc2ccccc21. The van der Waals surface area contributed by atoms with Crippen molar-refractivity contribution in [3.8, 4) is 0 Å². The number of benzene rings is 1. The van der Waals surface area contributed by atoms with E-state index in [-0.39, 0.29) is 5.91 Å². The molecule has 1 aliphatic rings. The Kier molecular flexibility index (Phi) is 4.90. The van der Waals surface area contributed by atoms with Crippen LogP contribution in [0.1, 0.15) is 57.8 Å². The lowest BCUT2D eigenvalue weighted by Crippen LogP contribution is -2.55. The molecule has 3 N–H and O–H groups in total. The van der Waals surface area contributed by atoms with E-state index in [1.807, 2.05) is 18.2 Å². The Balaban J connectivity index is 1.67. The highest BCUT2D eigenvalue weighted by molar-refractivity contribution is 5.86. The van der Waals surface area contributed by atoms with Gasteiger partial charge in [-0.3, -0.25) is 4.79 Å². The number of para-hydroxylation sites is 2. The lowest BCUT2D eigenvalue weighted by Gasteiger charge is -2.31. The minimum atomic E-state index is -0.670. The molecule has 1 aliphatic carbocycles. The zero-order valence-corrected chi connectivity index (χ0v) is 14.7. The monoisotopic (exact) mass is 328 g/mol. The van der Waals surface area contributed by atoms with Crippen molar-refractivity contribution in [1.82, 2.24) is 14.9 Å². The lowest BCUT2D eigenvalue weighted by molar-refractivity contribution is -0.127. The fraction of sp³-hybridized carbons (Fsp3) is 0.579. The van der Waals surface area contributed by atoms with E-state index >= 15 is 0 Å². The van der Waals surface area contributed by atoms with Crippen molar-refractivity contribution in [2.75, 3.05) is 6.54 Å². The molecule has 5 heteroatoms. The molecule has 24 heavy (non-hydrogen) atoms. The summed E-state index contributed by atoms with van der Waals surface area (Å²) in [6.45, 7) is 4.90. The van der Waals surface area contributed by atoms with E-state index in [9.17, 15) is 4.79 Å². The van der Waals surface area contributed by atoms with Crippen LogP contribution >= 0.6 is 0 Å². The van der Waals surface area contributed by atoms with Crippen LogP contribution in [0.4, 0.5) is 0 Å². The Bertz CT molecular complexity index is 713. The summed E-state index contributed by atoms with van der Waals surface area (Å²) < 4.78 is 2.25. The molecule has 0 atom stereocenters. The van der Waals surface area contributed by atoms with E-state index < -0.39 is 5.54 Å². The maximum Gasteiger partial charge on any atom is 0.240 e. The summed E-state index contributed by atoms with van der Waals surface area (Å²) in [5.74, 6) is 1.01. The van der Waals surface area contributed by atoms with Crippen LogP contribution in [0, 0.1) is 0 Å². The van der Waals surface area contributed by atoms with E-state index in [2.05, 4.69) is 29.8 Å². The van der Waals surface area contributed by atoms with E-state index in [1.165, 1.54) is 6.42 Å². The Hall–Kier alpha value is -1.88. The van der Waals surface area contributed by atoms with Crippen molar-refractivity contribution in [2.45, 2.75) is 64.0 Å². The summed E-state index contributed by atoms with van der Waals surface area (Å²) in [6, 6.07) is 8.51. The number of hydrogen-bond donors (Lipinski definition) is 2. The number of carbonyl (C=O) groups excluding carboxylic acids is 1. The highest BCUT2D eigenvalue weighted by Gasteiger charge is 2.34. The van der Waals surface area contributed by atoms with Crippen molar-refractivity contribution in [2.24, 2.45) is 5.73 Å². The minimum Gasteiger partial charge on any atom is -0.354 e. The number of aromatic nitrogens is 2. The maximum atomic E-state index is 12.4. The van der Waals surface area contributed by atoms with Crippen LogP contribution in [0.15, 0.2) is 24.3 Å². The van der Waals surface area contributed by atoms with Gasteiger partial charge in [-0.25, -0.2) is 4.98 Å². The second-order valence-corrected chi connectivity index (χ2v) is 7.20. The van der Waals surface area contributed by atoms with Crippen LogP contribution in [0.5, 0.6) is 0 Å². The first-order chi connectivity index (χ1) is 11.5. The molecule has 130 valence electrons. The zero-order chi connectivity index (χ0) is 17.2. The van der Waals surface area contributed by atoms with Gasteiger partial charge in [0.1, 0.15) is 5.82 Å². The number of hydrogen-bond acceptors (Lipinski definition) is 3. The Morgan fingerprint density at radius 1 is 1.29 bits per heavy atom. The smallest absolute Gasteiger partial charge is 0.240 e. The average molecular weight is 328 g/mol. The molecule has 1 aromatic carbocycles. The highest BCUT2D eigenvalue weighted by atomic mass is 16.2. The average Bonchev–Trinajstić information content (AvgIpc) is 2.93. The van der Waals surface area contributed by atoms with Gasteiger partial charge in [0.05, 0.1) is 16.6 Å². The van der Waals surface area contributed by atoms with Gasteiger partial charge in [-0.15, -0.1) is 0 Å². The topological polar surface area (TPSA) is 72.9 Å². The number of imidazole rings is 1. The van der Waals surface area contributed by atoms with Crippen molar-refractivity contribution in [3.05, 3.63) is 30.1 Å². The van der Waals surface area contributed by atoms with Gasteiger partial charge in [-0.1, -0.05) is 31.4 Å². The summed E-state index contributed by atoms with van der Waals surface area (Å²) in [7, 11) is 0. The molecule has 1 aromatic heterocycles. The van der Waals surface area contributed by atoms with Crippen LogP contribution in [0.2, 0.25) is 0 Å². The Morgan fingerprint density at radius 2 is 2.00 bits per heavy atom. The van der Waals surface area contributed by atoms with Crippen LogP contribution in [-0.4, -0.2) is 27.5 Å². The molecule has 3 rings (SSSR count). The quantitative estimate of drug-likeness (QED) is 0.886. The number of carbonyl (C=O) groups is 1. The van der Waals surface area contributed by atoms with Crippen molar-refractivity contribution in [3.63, 3.8) is 0 Å². The van der Waals surface area contributed by atoms with E-state index in [4.69, 9.17) is 10.7 Å². The number of amides is 1. The largest absolute Gasteiger partial charge is 0.354 e. The number of nitrogens with zero attached hydrogens (tertiary/aromatic N) is 2. The van der Waals surface area contributed by atoms with Gasteiger partial charge in [-0.05, 0) is 38.8 Å². The van der Waals surface area contributed by atoms with Gasteiger partial charge >= 0.3 is 0 Å². The van der Waals surface area contributed by atoms with Crippen molar-refractivity contribution >= 4 is 16.9 Å². The summed E-state index contributed by atoms with van der Waals surface area (Å²) >= 11 is 0. The van der Waals surface area contributed by atoms with Crippen LogP contribution in [0.3, 0.4) is 0 Å².